The quantitative estimate of drug-likeness (QED) is 0.198. The molecule has 2 aliphatic rings. The van der Waals surface area contributed by atoms with Gasteiger partial charge >= 0.3 is 5.97 Å². The van der Waals surface area contributed by atoms with Crippen LogP contribution in [0.4, 0.5) is 22.7 Å². The molecule has 238 valence electrons. The molecule has 5 aromatic rings. The molecule has 0 saturated heterocycles. The van der Waals surface area contributed by atoms with Gasteiger partial charge in [-0.3, -0.25) is 0 Å². The number of rotatable bonds is 4. The summed E-state index contributed by atoms with van der Waals surface area (Å²) in [5.74, 6) is 0.944. The van der Waals surface area contributed by atoms with Crippen LogP contribution < -0.4 is 15.0 Å². The molecule has 0 bridgehead atoms. The van der Waals surface area contributed by atoms with E-state index in [1.807, 2.05) is 67.6 Å². The molecular formula is C41H39ClN2O3. The number of aryl methyl sites for hydroxylation is 1. The third-order valence-corrected chi connectivity index (χ3v) is 9.34. The fourth-order valence-corrected chi connectivity index (χ4v) is 6.93. The van der Waals surface area contributed by atoms with Crippen LogP contribution in [0.25, 0.3) is 0 Å². The lowest BCUT2D eigenvalue weighted by molar-refractivity contribution is 0.0224. The summed E-state index contributed by atoms with van der Waals surface area (Å²) >= 11 is 6.15. The molecule has 0 fully saturated rings. The number of anilines is 4. The highest BCUT2D eigenvalue weighted by molar-refractivity contribution is 6.30. The second kappa shape index (κ2) is 10.9. The average Bonchev–Trinajstić information content (AvgIpc) is 3.31. The Kier molecular flexibility index (Phi) is 7.18. The zero-order valence-corrected chi connectivity index (χ0v) is 28.6. The van der Waals surface area contributed by atoms with E-state index in [9.17, 15) is 4.79 Å². The Hall–Kier alpha value is -4.74. The molecule has 1 N–H and O–H groups in total. The zero-order valence-electron chi connectivity index (χ0n) is 27.9. The van der Waals surface area contributed by atoms with E-state index >= 15 is 0 Å². The van der Waals surface area contributed by atoms with Crippen molar-refractivity contribution in [3.63, 3.8) is 0 Å². The molecule has 0 radical (unpaired) electrons. The molecule has 2 heterocycles. The molecule has 0 amide bonds. The monoisotopic (exact) mass is 642 g/mol. The maximum atomic E-state index is 13.5. The van der Waals surface area contributed by atoms with Crippen molar-refractivity contribution in [2.45, 2.75) is 65.0 Å². The van der Waals surface area contributed by atoms with Gasteiger partial charge in [0, 0.05) is 56.1 Å². The number of hydrogen-bond donors (Lipinski definition) is 1. The predicted octanol–water partition coefficient (Wildman–Crippen LogP) is 11.2. The SMILES string of the molecule is Cc1cc2c(cc1Nc1ccc(Cl)cc1)C1(OC(=O)c3ccccc31)c1ccc(N(c3ccc(C(C)(C)C)cc3)C(C)(C)C)cc1O2. The van der Waals surface area contributed by atoms with Crippen LogP contribution in [0.15, 0.2) is 103 Å². The van der Waals surface area contributed by atoms with E-state index in [1.54, 1.807) is 0 Å². The summed E-state index contributed by atoms with van der Waals surface area (Å²) in [5.41, 5.74) is 7.66. The molecule has 47 heavy (non-hydrogen) atoms. The second-order valence-corrected chi connectivity index (χ2v) is 14.9. The number of halogens is 1. The number of ether oxygens (including phenoxy) is 2. The summed E-state index contributed by atoms with van der Waals surface area (Å²) in [5, 5.41) is 4.19. The van der Waals surface area contributed by atoms with Crippen LogP contribution in [0.2, 0.25) is 5.02 Å². The van der Waals surface area contributed by atoms with Gasteiger partial charge in [0.05, 0.1) is 5.56 Å². The smallest absolute Gasteiger partial charge is 0.340 e. The van der Waals surface area contributed by atoms with Gasteiger partial charge in [-0.1, -0.05) is 62.7 Å². The van der Waals surface area contributed by atoms with Gasteiger partial charge in [-0.05, 0) is 111 Å². The Morgan fingerprint density at radius 2 is 1.38 bits per heavy atom. The normalized spacial score (nSPS) is 16.6. The van der Waals surface area contributed by atoms with Gasteiger partial charge in [0.1, 0.15) is 11.5 Å². The first-order chi connectivity index (χ1) is 22.3. The van der Waals surface area contributed by atoms with Gasteiger partial charge in [-0.15, -0.1) is 0 Å². The van der Waals surface area contributed by atoms with E-state index in [2.05, 4.69) is 94.2 Å². The Morgan fingerprint density at radius 3 is 2.06 bits per heavy atom. The number of hydrogen-bond acceptors (Lipinski definition) is 5. The van der Waals surface area contributed by atoms with Gasteiger partial charge in [-0.2, -0.15) is 0 Å². The van der Waals surface area contributed by atoms with Gasteiger partial charge in [0.2, 0.25) is 0 Å². The number of nitrogens with one attached hydrogen (secondary N) is 1. The third kappa shape index (κ3) is 5.23. The van der Waals surface area contributed by atoms with E-state index in [4.69, 9.17) is 21.1 Å². The van der Waals surface area contributed by atoms with E-state index in [-0.39, 0.29) is 16.9 Å². The molecule has 0 saturated carbocycles. The Morgan fingerprint density at radius 1 is 0.723 bits per heavy atom. The highest BCUT2D eigenvalue weighted by Crippen LogP contribution is 2.57. The Bertz CT molecular complexity index is 2020. The van der Waals surface area contributed by atoms with Crippen molar-refractivity contribution >= 4 is 40.3 Å². The van der Waals surface area contributed by atoms with Crippen LogP contribution in [0.3, 0.4) is 0 Å². The molecule has 1 spiro atoms. The lowest BCUT2D eigenvalue weighted by atomic mass is 9.77. The highest BCUT2D eigenvalue weighted by atomic mass is 35.5. The summed E-state index contributed by atoms with van der Waals surface area (Å²) < 4.78 is 13.2. The molecule has 0 aromatic heterocycles. The maximum absolute atomic E-state index is 13.5. The molecule has 1 atom stereocenters. The minimum Gasteiger partial charge on any atom is -0.456 e. The first-order valence-electron chi connectivity index (χ1n) is 16.0. The molecule has 2 aliphatic heterocycles. The number of benzene rings is 5. The minimum absolute atomic E-state index is 0.0593. The van der Waals surface area contributed by atoms with E-state index in [0.29, 0.717) is 22.1 Å². The first-order valence-corrected chi connectivity index (χ1v) is 16.4. The Labute approximate surface area is 282 Å². The van der Waals surface area contributed by atoms with Gasteiger partial charge in [0.15, 0.2) is 5.60 Å². The molecule has 1 unspecified atom stereocenters. The van der Waals surface area contributed by atoms with E-state index in [1.165, 1.54) is 5.56 Å². The number of fused-ring (bicyclic) bond motifs is 6. The Balaban J connectivity index is 1.39. The lowest BCUT2D eigenvalue weighted by Gasteiger charge is -2.40. The van der Waals surface area contributed by atoms with Crippen LogP contribution in [-0.4, -0.2) is 11.5 Å². The summed E-state index contributed by atoms with van der Waals surface area (Å²) in [7, 11) is 0. The molecule has 5 nitrogen and oxygen atoms in total. The number of carbonyl (C=O) groups excluding carboxylic acids is 1. The molecule has 7 rings (SSSR count). The van der Waals surface area contributed by atoms with Crippen LogP contribution in [0.1, 0.15) is 79.7 Å². The van der Waals surface area contributed by atoms with Crippen LogP contribution in [0.5, 0.6) is 11.5 Å². The highest BCUT2D eigenvalue weighted by Gasteiger charge is 2.53. The first kappa shape index (κ1) is 30.9. The standard InChI is InChI=1S/C41H39ClN2O3/c1-25-22-36-34(24-35(25)43-28-16-14-27(42)15-17-28)41(32-11-9-8-10-31(32)38(45)47-41)33-21-20-30(23-37(33)46-36)44(40(5,6)7)29-18-12-26(13-19-29)39(2,3)4/h8-24,43H,1-7H3. The summed E-state index contributed by atoms with van der Waals surface area (Å²) in [6.45, 7) is 15.3. The van der Waals surface area contributed by atoms with Crippen molar-refractivity contribution in [2.24, 2.45) is 0 Å². The van der Waals surface area contributed by atoms with Crippen molar-refractivity contribution in [1.29, 1.82) is 0 Å². The van der Waals surface area contributed by atoms with E-state index in [0.717, 1.165) is 45.0 Å². The fraction of sp³-hybridized carbons (Fsp3) is 0.244. The largest absolute Gasteiger partial charge is 0.456 e. The second-order valence-electron chi connectivity index (χ2n) is 14.5. The zero-order chi connectivity index (χ0) is 33.3. The van der Waals surface area contributed by atoms with Crippen molar-refractivity contribution < 1.29 is 14.3 Å². The lowest BCUT2D eigenvalue weighted by Crippen LogP contribution is -2.38. The molecule has 5 aromatic carbocycles. The van der Waals surface area contributed by atoms with Crippen LogP contribution >= 0.6 is 11.6 Å². The van der Waals surface area contributed by atoms with Gasteiger partial charge < -0.3 is 19.7 Å². The van der Waals surface area contributed by atoms with Crippen LogP contribution in [-0.2, 0) is 15.8 Å². The number of esters is 1. The van der Waals surface area contributed by atoms with Gasteiger partial charge in [0.25, 0.3) is 0 Å². The number of nitrogens with zero attached hydrogens (tertiary/aromatic N) is 1. The maximum Gasteiger partial charge on any atom is 0.340 e. The molecule has 0 aliphatic carbocycles. The predicted molar refractivity (Wildman–Crippen MR) is 191 cm³/mol. The summed E-state index contributed by atoms with van der Waals surface area (Å²) in [6.07, 6.45) is 0. The average molecular weight is 643 g/mol. The topological polar surface area (TPSA) is 50.8 Å². The number of carbonyl (C=O) groups is 1. The molecular weight excluding hydrogens is 604 g/mol. The van der Waals surface area contributed by atoms with Crippen molar-refractivity contribution in [2.75, 3.05) is 10.2 Å². The van der Waals surface area contributed by atoms with Crippen molar-refractivity contribution in [3.8, 4) is 11.5 Å². The minimum atomic E-state index is -1.18. The summed E-state index contributed by atoms with van der Waals surface area (Å²) in [4.78, 5) is 15.8. The molecule has 6 heteroatoms. The van der Waals surface area contributed by atoms with Gasteiger partial charge in [-0.25, -0.2) is 4.79 Å². The third-order valence-electron chi connectivity index (χ3n) is 9.09. The fourth-order valence-electron chi connectivity index (χ4n) is 6.80. The summed E-state index contributed by atoms with van der Waals surface area (Å²) in [6, 6.07) is 34.3. The van der Waals surface area contributed by atoms with Crippen molar-refractivity contribution in [1.82, 2.24) is 0 Å². The van der Waals surface area contributed by atoms with E-state index < -0.39 is 5.60 Å². The van der Waals surface area contributed by atoms with Crippen molar-refractivity contribution in [3.05, 3.63) is 142 Å². The van der Waals surface area contributed by atoms with Crippen LogP contribution in [0, 0.1) is 6.92 Å².